The van der Waals surface area contributed by atoms with Gasteiger partial charge < -0.3 is 15.7 Å². The number of hydrogen-bond donors (Lipinski definition) is 3. The molecule has 1 aliphatic rings. The Labute approximate surface area is 177 Å². The summed E-state index contributed by atoms with van der Waals surface area (Å²) in [4.78, 5) is 5.10. The van der Waals surface area contributed by atoms with Gasteiger partial charge in [-0.25, -0.2) is 12.7 Å². The van der Waals surface area contributed by atoms with Gasteiger partial charge in [0.2, 0.25) is 10.0 Å². The fourth-order valence-corrected chi connectivity index (χ4v) is 4.50. The summed E-state index contributed by atoms with van der Waals surface area (Å²) in [6, 6.07) is 3.84. The van der Waals surface area contributed by atoms with Gasteiger partial charge in [0.15, 0.2) is 5.96 Å². The van der Waals surface area contributed by atoms with Crippen molar-refractivity contribution in [2.24, 2.45) is 10.9 Å². The summed E-state index contributed by atoms with van der Waals surface area (Å²) in [7, 11) is -1.39. The summed E-state index contributed by atoms with van der Waals surface area (Å²) in [5, 5.41) is 18.9. The number of piperidine rings is 1. The normalized spacial score (nSPS) is 19.5. The first-order chi connectivity index (χ1) is 11.7. The number of hydrogen-bond acceptors (Lipinski definition) is 5. The second-order valence-corrected chi connectivity index (χ2v) is 9.59. The molecule has 2 rings (SSSR count). The zero-order valence-electron chi connectivity index (χ0n) is 15.4. The average Bonchev–Trinajstić information content (AvgIpc) is 3.10. The van der Waals surface area contributed by atoms with Crippen molar-refractivity contribution in [2.75, 3.05) is 39.5 Å². The summed E-state index contributed by atoms with van der Waals surface area (Å²) in [5.41, 5.74) is -0.952. The third-order valence-electron chi connectivity index (χ3n) is 4.48. The number of aliphatic imine (C=N–C) groups is 1. The molecule has 0 aliphatic carbocycles. The minimum atomic E-state index is -3.08. The molecule has 0 aromatic carbocycles. The number of aliphatic hydroxyl groups is 1. The summed E-state index contributed by atoms with van der Waals surface area (Å²) in [6.07, 6.45) is 2.94. The molecular formula is C16H29IN4O3S2. The lowest BCUT2D eigenvalue weighted by molar-refractivity contribution is 0.0655. The highest BCUT2D eigenvalue weighted by molar-refractivity contribution is 14.0. The van der Waals surface area contributed by atoms with Gasteiger partial charge in [0.1, 0.15) is 5.60 Å². The van der Waals surface area contributed by atoms with Crippen LogP contribution >= 0.6 is 35.3 Å². The summed E-state index contributed by atoms with van der Waals surface area (Å²) < 4.78 is 24.6. The number of nitrogens with one attached hydrogen (secondary N) is 2. The second kappa shape index (κ2) is 10.2. The topological polar surface area (TPSA) is 94.0 Å². The Bertz CT molecular complexity index is 670. The van der Waals surface area contributed by atoms with E-state index in [1.165, 1.54) is 21.9 Å². The van der Waals surface area contributed by atoms with E-state index in [1.54, 1.807) is 14.0 Å². The monoisotopic (exact) mass is 516 g/mol. The number of rotatable bonds is 6. The van der Waals surface area contributed by atoms with Gasteiger partial charge in [-0.1, -0.05) is 6.07 Å². The van der Waals surface area contributed by atoms with Crippen LogP contribution in [0, 0.1) is 5.92 Å². The van der Waals surface area contributed by atoms with E-state index in [2.05, 4.69) is 15.6 Å². The lowest BCUT2D eigenvalue weighted by Crippen LogP contribution is -2.47. The van der Waals surface area contributed by atoms with Crippen molar-refractivity contribution < 1.29 is 13.5 Å². The van der Waals surface area contributed by atoms with Crippen LogP contribution in [0.1, 0.15) is 24.6 Å². The SMILES string of the molecule is CN=C(NCC1CCN(S(C)(=O)=O)CC1)NCC(C)(O)c1cccs1.I. The number of thiophene rings is 1. The Morgan fingerprint density at radius 3 is 2.58 bits per heavy atom. The van der Waals surface area contributed by atoms with Crippen LogP contribution in [0.5, 0.6) is 0 Å². The van der Waals surface area contributed by atoms with Crippen LogP contribution in [0.25, 0.3) is 0 Å². The number of halogens is 1. The molecule has 2 heterocycles. The smallest absolute Gasteiger partial charge is 0.211 e. The lowest BCUT2D eigenvalue weighted by Gasteiger charge is -2.30. The van der Waals surface area contributed by atoms with Gasteiger partial charge in [-0.3, -0.25) is 4.99 Å². The van der Waals surface area contributed by atoms with E-state index in [-0.39, 0.29) is 24.0 Å². The summed E-state index contributed by atoms with van der Waals surface area (Å²) >= 11 is 1.52. The standard InChI is InChI=1S/C16H28N4O3S2.HI/c1-16(21,14-5-4-10-24-14)12-19-15(17-2)18-11-13-6-8-20(9-7-13)25(3,22)23;/h4-5,10,13,21H,6-9,11-12H2,1-3H3,(H2,17,18,19);1H. The van der Waals surface area contributed by atoms with Gasteiger partial charge >= 0.3 is 0 Å². The molecular weight excluding hydrogens is 487 g/mol. The molecule has 0 amide bonds. The number of sulfonamides is 1. The number of nitrogens with zero attached hydrogens (tertiary/aromatic N) is 2. The molecule has 26 heavy (non-hydrogen) atoms. The Hall–Kier alpha value is -0.430. The molecule has 7 nitrogen and oxygen atoms in total. The van der Waals surface area contributed by atoms with Gasteiger partial charge in [0, 0.05) is 31.6 Å². The largest absolute Gasteiger partial charge is 0.383 e. The Balaban J connectivity index is 0.00000338. The molecule has 1 unspecified atom stereocenters. The van der Waals surface area contributed by atoms with Gasteiger partial charge in [0.05, 0.1) is 12.8 Å². The second-order valence-electron chi connectivity index (χ2n) is 6.66. The van der Waals surface area contributed by atoms with Gasteiger partial charge in [0.25, 0.3) is 0 Å². The van der Waals surface area contributed by atoms with E-state index in [4.69, 9.17) is 0 Å². The molecule has 0 bridgehead atoms. The highest BCUT2D eigenvalue weighted by Gasteiger charge is 2.26. The molecule has 3 N–H and O–H groups in total. The van der Waals surface area contributed by atoms with E-state index in [0.717, 1.165) is 24.3 Å². The van der Waals surface area contributed by atoms with Gasteiger partial charge in [-0.2, -0.15) is 0 Å². The molecule has 150 valence electrons. The maximum atomic E-state index is 11.5. The third kappa shape index (κ3) is 6.95. The predicted octanol–water partition coefficient (Wildman–Crippen LogP) is 1.41. The van der Waals surface area contributed by atoms with Crippen molar-refractivity contribution >= 4 is 51.3 Å². The van der Waals surface area contributed by atoms with Crippen LogP contribution in [-0.4, -0.2) is 63.3 Å². The van der Waals surface area contributed by atoms with Crippen molar-refractivity contribution in [3.05, 3.63) is 22.4 Å². The molecule has 1 fully saturated rings. The average molecular weight is 516 g/mol. The fraction of sp³-hybridized carbons (Fsp3) is 0.688. The van der Waals surface area contributed by atoms with Crippen molar-refractivity contribution in [1.82, 2.24) is 14.9 Å². The van der Waals surface area contributed by atoms with E-state index >= 15 is 0 Å². The molecule has 1 saturated heterocycles. The molecule has 10 heteroatoms. The van der Waals surface area contributed by atoms with Crippen LogP contribution < -0.4 is 10.6 Å². The summed E-state index contributed by atoms with van der Waals surface area (Å²) in [5.74, 6) is 1.05. The maximum absolute atomic E-state index is 11.5. The highest BCUT2D eigenvalue weighted by Crippen LogP contribution is 2.24. The van der Waals surface area contributed by atoms with Crippen molar-refractivity contribution in [3.63, 3.8) is 0 Å². The molecule has 0 spiro atoms. The van der Waals surface area contributed by atoms with E-state index in [0.29, 0.717) is 31.5 Å². The van der Waals surface area contributed by atoms with E-state index < -0.39 is 15.6 Å². The van der Waals surface area contributed by atoms with Crippen molar-refractivity contribution in [1.29, 1.82) is 0 Å². The molecule has 0 radical (unpaired) electrons. The first kappa shape index (κ1) is 23.6. The van der Waals surface area contributed by atoms with Crippen LogP contribution in [0.2, 0.25) is 0 Å². The van der Waals surface area contributed by atoms with Crippen molar-refractivity contribution in [2.45, 2.75) is 25.4 Å². The predicted molar refractivity (Wildman–Crippen MR) is 118 cm³/mol. The zero-order chi connectivity index (χ0) is 18.5. The Kier molecular flexibility index (Phi) is 9.27. The minimum Gasteiger partial charge on any atom is -0.383 e. The number of guanidine groups is 1. The molecule has 1 atom stereocenters. The first-order valence-electron chi connectivity index (χ1n) is 8.38. The zero-order valence-corrected chi connectivity index (χ0v) is 19.4. The molecule has 1 aromatic heterocycles. The maximum Gasteiger partial charge on any atom is 0.211 e. The van der Waals surface area contributed by atoms with Crippen LogP contribution in [0.15, 0.2) is 22.5 Å². The van der Waals surface area contributed by atoms with Crippen LogP contribution in [0.3, 0.4) is 0 Å². The van der Waals surface area contributed by atoms with Crippen LogP contribution in [-0.2, 0) is 15.6 Å². The first-order valence-corrected chi connectivity index (χ1v) is 11.1. The third-order valence-corrected chi connectivity index (χ3v) is 6.90. The Morgan fingerprint density at radius 1 is 1.42 bits per heavy atom. The quantitative estimate of drug-likeness (QED) is 0.302. The van der Waals surface area contributed by atoms with Gasteiger partial charge in [-0.05, 0) is 37.1 Å². The Morgan fingerprint density at radius 2 is 2.08 bits per heavy atom. The highest BCUT2D eigenvalue weighted by atomic mass is 127. The van der Waals surface area contributed by atoms with Gasteiger partial charge in [-0.15, -0.1) is 35.3 Å². The van der Waals surface area contributed by atoms with E-state index in [1.807, 2.05) is 17.5 Å². The van der Waals surface area contributed by atoms with E-state index in [9.17, 15) is 13.5 Å². The van der Waals surface area contributed by atoms with Crippen molar-refractivity contribution in [3.8, 4) is 0 Å². The van der Waals surface area contributed by atoms with Crippen LogP contribution in [0.4, 0.5) is 0 Å². The lowest BCUT2D eigenvalue weighted by atomic mass is 9.98. The fourth-order valence-electron chi connectivity index (χ4n) is 2.83. The molecule has 1 aromatic rings. The minimum absolute atomic E-state index is 0. The molecule has 0 saturated carbocycles. The molecule has 1 aliphatic heterocycles. The summed E-state index contributed by atoms with van der Waals surface area (Å²) in [6.45, 7) is 4.02.